The first-order valence-electron chi connectivity index (χ1n) is 5.24. The zero-order chi connectivity index (χ0) is 15.1. The quantitative estimate of drug-likeness (QED) is 0.854. The zero-order valence-corrected chi connectivity index (χ0v) is 9.58. The number of nitrogens with zero attached hydrogens (tertiary/aromatic N) is 1. The Bertz CT molecular complexity index is 681. The van der Waals surface area contributed by atoms with Crippen molar-refractivity contribution in [3.05, 3.63) is 41.1 Å². The molecule has 0 aliphatic heterocycles. The molecule has 0 bridgehead atoms. The van der Waals surface area contributed by atoms with E-state index in [1.165, 1.54) is 12.1 Å². The molecule has 1 aromatic carbocycles. The van der Waals surface area contributed by atoms with Crippen LogP contribution in [0, 0.1) is 0 Å². The molecule has 2 aromatic rings. The highest BCUT2D eigenvalue weighted by atomic mass is 19.4. The van der Waals surface area contributed by atoms with Crippen LogP contribution in [0.3, 0.4) is 0 Å². The first kappa shape index (κ1) is 14.2. The molecule has 0 saturated carbocycles. The molecule has 1 N–H and O–H groups in total. The Hall–Kier alpha value is -2.25. The van der Waals surface area contributed by atoms with Crippen molar-refractivity contribution < 1.29 is 31.9 Å². The highest BCUT2D eigenvalue weighted by molar-refractivity contribution is 5.97. The molecule has 0 unspecified atom stereocenters. The van der Waals surface area contributed by atoms with Gasteiger partial charge in [0.05, 0.1) is 11.1 Å². The van der Waals surface area contributed by atoms with Gasteiger partial charge >= 0.3 is 12.1 Å². The van der Waals surface area contributed by atoms with Gasteiger partial charge in [-0.2, -0.15) is 13.2 Å². The van der Waals surface area contributed by atoms with Crippen LogP contribution in [0.4, 0.5) is 22.0 Å². The molecule has 2 rings (SSSR count). The molecule has 0 saturated heterocycles. The Morgan fingerprint density at radius 3 is 2.30 bits per heavy atom. The number of hydrogen-bond donors (Lipinski definition) is 1. The summed E-state index contributed by atoms with van der Waals surface area (Å²) in [6.07, 6.45) is -8.50. The lowest BCUT2D eigenvalue weighted by Gasteiger charge is -2.15. The van der Waals surface area contributed by atoms with Gasteiger partial charge in [-0.15, -0.1) is 0 Å². The van der Waals surface area contributed by atoms with Crippen molar-refractivity contribution in [3.8, 4) is 0 Å². The van der Waals surface area contributed by atoms with E-state index in [4.69, 9.17) is 5.11 Å². The first-order chi connectivity index (χ1) is 9.23. The van der Waals surface area contributed by atoms with Crippen LogP contribution in [0.2, 0.25) is 0 Å². The summed E-state index contributed by atoms with van der Waals surface area (Å²) in [5, 5.41) is 8.53. The third-order valence-corrected chi connectivity index (χ3v) is 2.63. The van der Waals surface area contributed by atoms with E-state index in [0.717, 1.165) is 12.1 Å². The smallest absolute Gasteiger partial charge is 0.434 e. The number of carbonyl (C=O) groups is 1. The van der Waals surface area contributed by atoms with E-state index >= 15 is 0 Å². The SMILES string of the molecule is O=C(O)c1c(C(F)(F)F)nc2ccccc2c1C(F)F. The van der Waals surface area contributed by atoms with Crippen LogP contribution in [0.5, 0.6) is 0 Å². The maximum atomic E-state index is 13.0. The molecule has 0 spiro atoms. The predicted molar refractivity (Wildman–Crippen MR) is 58.7 cm³/mol. The number of benzene rings is 1. The monoisotopic (exact) mass is 291 g/mol. The fraction of sp³-hybridized carbons (Fsp3) is 0.167. The van der Waals surface area contributed by atoms with Crippen molar-refractivity contribution in [3.63, 3.8) is 0 Å². The van der Waals surface area contributed by atoms with Crippen LogP contribution < -0.4 is 0 Å². The highest BCUT2D eigenvalue weighted by Crippen LogP contribution is 2.38. The summed E-state index contributed by atoms with van der Waals surface area (Å²) in [6.45, 7) is 0. The lowest BCUT2D eigenvalue weighted by molar-refractivity contribution is -0.141. The summed E-state index contributed by atoms with van der Waals surface area (Å²) in [5.41, 5.74) is -4.83. The van der Waals surface area contributed by atoms with Crippen molar-refractivity contribution in [2.75, 3.05) is 0 Å². The Balaban J connectivity index is 3.00. The number of aromatic nitrogens is 1. The second-order valence-electron chi connectivity index (χ2n) is 3.87. The molecule has 8 heteroatoms. The van der Waals surface area contributed by atoms with Crippen LogP contribution in [-0.2, 0) is 6.18 Å². The lowest BCUT2D eigenvalue weighted by atomic mass is 10.00. The average Bonchev–Trinajstić information content (AvgIpc) is 2.34. The molecule has 20 heavy (non-hydrogen) atoms. The number of carboxylic acid groups (broad SMARTS) is 1. The largest absolute Gasteiger partial charge is 0.478 e. The van der Waals surface area contributed by atoms with E-state index in [9.17, 15) is 26.7 Å². The normalized spacial score (nSPS) is 12.1. The summed E-state index contributed by atoms with van der Waals surface area (Å²) in [7, 11) is 0. The topological polar surface area (TPSA) is 50.2 Å². The van der Waals surface area contributed by atoms with Crippen molar-refractivity contribution in [1.82, 2.24) is 4.98 Å². The molecule has 3 nitrogen and oxygen atoms in total. The molecule has 106 valence electrons. The van der Waals surface area contributed by atoms with E-state index in [0.29, 0.717) is 0 Å². The van der Waals surface area contributed by atoms with Crippen LogP contribution in [0.25, 0.3) is 10.9 Å². The summed E-state index contributed by atoms with van der Waals surface area (Å²) in [6, 6.07) is 4.86. The van der Waals surface area contributed by atoms with Crippen LogP contribution >= 0.6 is 0 Å². The number of halogens is 5. The minimum Gasteiger partial charge on any atom is -0.478 e. The van der Waals surface area contributed by atoms with E-state index in [-0.39, 0.29) is 10.9 Å². The molecular formula is C12H6F5NO2. The number of pyridine rings is 1. The molecule has 0 fully saturated rings. The second-order valence-corrected chi connectivity index (χ2v) is 3.87. The van der Waals surface area contributed by atoms with Crippen molar-refractivity contribution >= 4 is 16.9 Å². The third-order valence-electron chi connectivity index (χ3n) is 2.63. The van der Waals surface area contributed by atoms with Gasteiger partial charge in [0.25, 0.3) is 6.43 Å². The molecule has 1 aromatic heterocycles. The minimum absolute atomic E-state index is 0.312. The lowest BCUT2D eigenvalue weighted by Crippen LogP contribution is -2.18. The van der Waals surface area contributed by atoms with E-state index in [1.54, 1.807) is 0 Å². The van der Waals surface area contributed by atoms with E-state index in [1.807, 2.05) is 0 Å². The average molecular weight is 291 g/mol. The van der Waals surface area contributed by atoms with Crippen LogP contribution in [-0.4, -0.2) is 16.1 Å². The minimum atomic E-state index is -5.14. The molecular weight excluding hydrogens is 285 g/mol. The van der Waals surface area contributed by atoms with Gasteiger partial charge in [0, 0.05) is 10.9 Å². The molecule has 0 aliphatic rings. The van der Waals surface area contributed by atoms with Crippen molar-refractivity contribution in [1.29, 1.82) is 0 Å². The van der Waals surface area contributed by atoms with Crippen LogP contribution in [0.1, 0.15) is 28.0 Å². The Labute approximate surface area is 108 Å². The Kier molecular flexibility index (Phi) is 3.33. The Morgan fingerprint density at radius 2 is 1.80 bits per heavy atom. The van der Waals surface area contributed by atoms with Gasteiger partial charge < -0.3 is 5.11 Å². The maximum absolute atomic E-state index is 13.0. The van der Waals surface area contributed by atoms with Gasteiger partial charge in [-0.3, -0.25) is 0 Å². The number of alkyl halides is 5. The molecule has 0 aliphatic carbocycles. The van der Waals surface area contributed by atoms with E-state index in [2.05, 4.69) is 4.98 Å². The summed E-state index contributed by atoms with van der Waals surface area (Å²) in [5.74, 6) is -2.09. The van der Waals surface area contributed by atoms with Crippen LogP contribution in [0.15, 0.2) is 24.3 Å². The highest BCUT2D eigenvalue weighted by Gasteiger charge is 2.40. The van der Waals surface area contributed by atoms with Gasteiger partial charge in [-0.05, 0) is 6.07 Å². The molecule has 0 atom stereocenters. The number of hydrogen-bond acceptors (Lipinski definition) is 2. The molecule has 1 heterocycles. The predicted octanol–water partition coefficient (Wildman–Crippen LogP) is 3.89. The first-order valence-corrected chi connectivity index (χ1v) is 5.24. The summed E-state index contributed by atoms with van der Waals surface area (Å²) < 4.78 is 64.5. The summed E-state index contributed by atoms with van der Waals surface area (Å²) >= 11 is 0. The number of rotatable bonds is 2. The van der Waals surface area contributed by atoms with E-state index < -0.39 is 35.4 Å². The molecule has 0 amide bonds. The van der Waals surface area contributed by atoms with Crippen molar-refractivity contribution in [2.24, 2.45) is 0 Å². The van der Waals surface area contributed by atoms with Crippen molar-refractivity contribution in [2.45, 2.75) is 12.6 Å². The maximum Gasteiger partial charge on any atom is 0.434 e. The number of carboxylic acids is 1. The van der Waals surface area contributed by atoms with Gasteiger partial charge in [0.15, 0.2) is 5.69 Å². The fourth-order valence-electron chi connectivity index (χ4n) is 1.89. The van der Waals surface area contributed by atoms with Gasteiger partial charge in [-0.1, -0.05) is 18.2 Å². The number of para-hydroxylation sites is 1. The number of fused-ring (bicyclic) bond motifs is 1. The Morgan fingerprint density at radius 1 is 1.20 bits per heavy atom. The number of aromatic carboxylic acids is 1. The fourth-order valence-corrected chi connectivity index (χ4v) is 1.89. The standard InChI is InChI=1S/C12H6F5NO2/c13-10(14)7-5-3-1-2-4-6(5)18-9(12(15,16)17)8(7)11(19)20/h1-4,10H,(H,19,20). The molecule has 0 radical (unpaired) electrons. The van der Waals surface area contributed by atoms with Gasteiger partial charge in [0.1, 0.15) is 0 Å². The zero-order valence-electron chi connectivity index (χ0n) is 9.58. The third kappa shape index (κ3) is 2.28. The van der Waals surface area contributed by atoms with Gasteiger partial charge in [-0.25, -0.2) is 18.6 Å². The summed E-state index contributed by atoms with van der Waals surface area (Å²) in [4.78, 5) is 14.1. The van der Waals surface area contributed by atoms with Gasteiger partial charge in [0.2, 0.25) is 0 Å². The second kappa shape index (κ2) is 4.69.